The van der Waals surface area contributed by atoms with Gasteiger partial charge in [-0.25, -0.2) is 4.79 Å². The number of aliphatic hydroxyl groups is 1. The maximum atomic E-state index is 12.6. The molecule has 0 radical (unpaired) electrons. The largest absolute Gasteiger partial charge is 0.445 e. The van der Waals surface area contributed by atoms with Gasteiger partial charge < -0.3 is 19.7 Å². The predicted molar refractivity (Wildman–Crippen MR) is 107 cm³/mol. The summed E-state index contributed by atoms with van der Waals surface area (Å²) >= 11 is 3.48. The minimum Gasteiger partial charge on any atom is -0.445 e. The van der Waals surface area contributed by atoms with E-state index in [-0.39, 0.29) is 18.7 Å². The summed E-state index contributed by atoms with van der Waals surface area (Å²) in [4.78, 5) is 17.5. The number of H-pyrrole nitrogens is 1. The summed E-state index contributed by atoms with van der Waals surface area (Å²) in [6.45, 7) is 0.834. The van der Waals surface area contributed by atoms with Crippen LogP contribution in [0.3, 0.4) is 0 Å². The van der Waals surface area contributed by atoms with Crippen molar-refractivity contribution in [2.45, 2.75) is 31.6 Å². The van der Waals surface area contributed by atoms with Crippen LogP contribution < -0.4 is 0 Å². The third-order valence-corrected chi connectivity index (χ3v) is 5.59. The van der Waals surface area contributed by atoms with Gasteiger partial charge in [0.05, 0.1) is 6.04 Å². The minimum atomic E-state index is -0.764. The standard InChI is InChI=1S/C21H21BrN2O3/c22-15-8-9-18-16(11-15)17(12-23-18)20(25)19-7-4-10-24(19)21(26)27-13-14-5-2-1-3-6-14/h1-3,5-6,8-9,11-12,19-20,23,25H,4,7,10,13H2/t19-,20?/m0/s1. The van der Waals surface area contributed by atoms with Crippen molar-refractivity contribution in [1.29, 1.82) is 0 Å². The Labute approximate surface area is 166 Å². The molecule has 6 heteroatoms. The van der Waals surface area contributed by atoms with E-state index in [9.17, 15) is 9.90 Å². The number of nitrogens with one attached hydrogen (secondary N) is 1. The third kappa shape index (κ3) is 3.73. The molecule has 5 nitrogen and oxygen atoms in total. The highest BCUT2D eigenvalue weighted by molar-refractivity contribution is 9.10. The zero-order valence-corrected chi connectivity index (χ0v) is 16.4. The molecule has 1 unspecified atom stereocenters. The number of amides is 1. The highest BCUT2D eigenvalue weighted by Gasteiger charge is 2.36. The molecule has 2 N–H and O–H groups in total. The van der Waals surface area contributed by atoms with Crippen LogP contribution in [0, 0.1) is 0 Å². The summed E-state index contributed by atoms with van der Waals surface area (Å²) in [5, 5.41) is 12.0. The molecule has 0 spiro atoms. The molecule has 1 aromatic heterocycles. The fourth-order valence-electron chi connectivity index (χ4n) is 3.72. The summed E-state index contributed by atoms with van der Waals surface area (Å²) in [7, 11) is 0. The first-order chi connectivity index (χ1) is 13.1. The van der Waals surface area contributed by atoms with E-state index in [1.165, 1.54) is 0 Å². The molecule has 0 aliphatic carbocycles. The molecule has 1 aliphatic rings. The Morgan fingerprint density at radius 2 is 2.11 bits per heavy atom. The Morgan fingerprint density at radius 3 is 2.93 bits per heavy atom. The van der Waals surface area contributed by atoms with Gasteiger partial charge in [0.15, 0.2) is 0 Å². The minimum absolute atomic E-state index is 0.235. The number of nitrogens with zero attached hydrogens (tertiary/aromatic N) is 1. The highest BCUT2D eigenvalue weighted by Crippen LogP contribution is 2.34. The van der Waals surface area contributed by atoms with E-state index in [1.807, 2.05) is 54.7 Å². The number of carbonyl (C=O) groups excluding carboxylic acids is 1. The topological polar surface area (TPSA) is 65.6 Å². The number of rotatable bonds is 4. The second kappa shape index (κ2) is 7.74. The number of carbonyl (C=O) groups is 1. The zero-order chi connectivity index (χ0) is 18.8. The predicted octanol–water partition coefficient (Wildman–Crippen LogP) is 4.77. The normalized spacial score (nSPS) is 18.0. The number of likely N-dealkylation sites (tertiary alicyclic amines) is 1. The fourth-order valence-corrected chi connectivity index (χ4v) is 4.08. The maximum Gasteiger partial charge on any atom is 0.410 e. The first-order valence-electron chi connectivity index (χ1n) is 9.05. The Kier molecular flexibility index (Phi) is 5.18. The number of ether oxygens (including phenoxy) is 1. The van der Waals surface area contributed by atoms with Gasteiger partial charge in [0.1, 0.15) is 12.7 Å². The molecule has 2 heterocycles. The van der Waals surface area contributed by atoms with Gasteiger partial charge in [-0.2, -0.15) is 0 Å². The van der Waals surface area contributed by atoms with Crippen LogP contribution in [0.4, 0.5) is 4.79 Å². The van der Waals surface area contributed by atoms with Crippen LogP contribution in [-0.2, 0) is 11.3 Å². The smallest absolute Gasteiger partial charge is 0.410 e. The lowest BCUT2D eigenvalue weighted by Gasteiger charge is -2.28. The van der Waals surface area contributed by atoms with Crippen molar-refractivity contribution in [2.75, 3.05) is 6.54 Å². The number of aromatic nitrogens is 1. The van der Waals surface area contributed by atoms with Crippen molar-refractivity contribution in [3.63, 3.8) is 0 Å². The number of benzene rings is 2. The van der Waals surface area contributed by atoms with Gasteiger partial charge in [0.25, 0.3) is 0 Å². The van der Waals surface area contributed by atoms with E-state index in [2.05, 4.69) is 20.9 Å². The highest BCUT2D eigenvalue weighted by atomic mass is 79.9. The second-order valence-corrected chi connectivity index (χ2v) is 7.74. The molecule has 2 atom stereocenters. The molecule has 140 valence electrons. The molecule has 27 heavy (non-hydrogen) atoms. The van der Waals surface area contributed by atoms with Crippen LogP contribution in [-0.4, -0.2) is 33.7 Å². The first-order valence-corrected chi connectivity index (χ1v) is 9.85. The third-order valence-electron chi connectivity index (χ3n) is 5.10. The van der Waals surface area contributed by atoms with Crippen LogP contribution >= 0.6 is 15.9 Å². The Hall–Kier alpha value is -2.31. The van der Waals surface area contributed by atoms with Crippen molar-refractivity contribution in [3.8, 4) is 0 Å². The monoisotopic (exact) mass is 428 g/mol. The van der Waals surface area contributed by atoms with E-state index >= 15 is 0 Å². The van der Waals surface area contributed by atoms with E-state index in [1.54, 1.807) is 4.90 Å². The van der Waals surface area contributed by atoms with Crippen LogP contribution in [0.25, 0.3) is 10.9 Å². The van der Waals surface area contributed by atoms with Gasteiger partial charge >= 0.3 is 6.09 Å². The second-order valence-electron chi connectivity index (χ2n) is 6.82. The molecule has 1 saturated heterocycles. The molecule has 3 aromatic rings. The van der Waals surface area contributed by atoms with E-state index in [0.717, 1.165) is 39.3 Å². The van der Waals surface area contributed by atoms with Gasteiger partial charge in [0, 0.05) is 33.7 Å². The number of aromatic amines is 1. The number of hydrogen-bond acceptors (Lipinski definition) is 3. The Morgan fingerprint density at radius 1 is 1.30 bits per heavy atom. The Bertz CT molecular complexity index is 941. The summed E-state index contributed by atoms with van der Waals surface area (Å²) in [5.74, 6) is 0. The van der Waals surface area contributed by atoms with Crippen LogP contribution in [0.1, 0.15) is 30.1 Å². The van der Waals surface area contributed by atoms with Crippen molar-refractivity contribution < 1.29 is 14.6 Å². The Balaban J connectivity index is 1.50. The fraction of sp³-hybridized carbons (Fsp3) is 0.286. The lowest BCUT2D eigenvalue weighted by molar-refractivity contribution is 0.0483. The van der Waals surface area contributed by atoms with Crippen LogP contribution in [0.5, 0.6) is 0 Å². The molecule has 1 fully saturated rings. The SMILES string of the molecule is O=C(OCc1ccccc1)N1CCC[C@H]1C(O)c1c[nH]c2ccc(Br)cc12. The van der Waals surface area contributed by atoms with Crippen molar-refractivity contribution in [2.24, 2.45) is 0 Å². The number of hydrogen-bond donors (Lipinski definition) is 2. The molecular formula is C21H21BrN2O3. The molecule has 0 bridgehead atoms. The van der Waals surface area contributed by atoms with Crippen LogP contribution in [0.2, 0.25) is 0 Å². The van der Waals surface area contributed by atoms with Crippen molar-refractivity contribution >= 4 is 32.9 Å². The summed E-state index contributed by atoms with van der Waals surface area (Å²) in [5.41, 5.74) is 2.71. The number of fused-ring (bicyclic) bond motifs is 1. The molecule has 4 rings (SSSR count). The number of aliphatic hydroxyl groups excluding tert-OH is 1. The van der Waals surface area contributed by atoms with E-state index < -0.39 is 6.10 Å². The zero-order valence-electron chi connectivity index (χ0n) is 14.8. The molecule has 2 aromatic carbocycles. The average Bonchev–Trinajstić information content (AvgIpc) is 3.33. The summed E-state index contributed by atoms with van der Waals surface area (Å²) in [6.07, 6.45) is 2.30. The lowest BCUT2D eigenvalue weighted by atomic mass is 10.00. The van der Waals surface area contributed by atoms with Crippen LogP contribution in [0.15, 0.2) is 59.2 Å². The first kappa shape index (κ1) is 18.1. The molecule has 0 saturated carbocycles. The van der Waals surface area contributed by atoms with E-state index in [0.29, 0.717) is 6.54 Å². The van der Waals surface area contributed by atoms with Gasteiger partial charge in [-0.1, -0.05) is 46.3 Å². The molecule has 1 aliphatic heterocycles. The van der Waals surface area contributed by atoms with Gasteiger partial charge in [-0.3, -0.25) is 0 Å². The van der Waals surface area contributed by atoms with Gasteiger partial charge in [0.2, 0.25) is 0 Å². The summed E-state index contributed by atoms with van der Waals surface area (Å²) in [6, 6.07) is 15.2. The molecular weight excluding hydrogens is 408 g/mol. The average molecular weight is 429 g/mol. The summed E-state index contributed by atoms with van der Waals surface area (Å²) < 4.78 is 6.43. The van der Waals surface area contributed by atoms with Gasteiger partial charge in [-0.15, -0.1) is 0 Å². The van der Waals surface area contributed by atoms with Crippen molar-refractivity contribution in [3.05, 3.63) is 70.3 Å². The van der Waals surface area contributed by atoms with Gasteiger partial charge in [-0.05, 0) is 36.6 Å². The van der Waals surface area contributed by atoms with Crippen molar-refractivity contribution in [1.82, 2.24) is 9.88 Å². The quantitative estimate of drug-likeness (QED) is 0.628. The number of halogens is 1. The maximum absolute atomic E-state index is 12.6. The van der Waals surface area contributed by atoms with E-state index in [4.69, 9.17) is 4.74 Å². The lowest BCUT2D eigenvalue weighted by Crippen LogP contribution is -2.39. The molecule has 1 amide bonds.